The van der Waals surface area contributed by atoms with Crippen LogP contribution in [-0.4, -0.2) is 12.0 Å². The number of benzene rings is 8. The Morgan fingerprint density at radius 1 is 0.441 bits per heavy atom. The van der Waals surface area contributed by atoms with E-state index in [1.165, 1.54) is 63.2 Å². The molecule has 0 radical (unpaired) electrons. The van der Waals surface area contributed by atoms with Gasteiger partial charge in [-0.3, -0.25) is 10.1 Å². The molecule has 0 unspecified atom stereocenters. The molecule has 0 amide bonds. The summed E-state index contributed by atoms with van der Waals surface area (Å²) in [6.45, 7) is 20.2. The molecule has 0 N–H and O–H groups in total. The highest BCUT2D eigenvalue weighted by Gasteiger charge is 2.01. The molecule has 0 heterocycles. The van der Waals surface area contributed by atoms with Crippen LogP contribution < -0.4 is 4.74 Å². The van der Waals surface area contributed by atoms with E-state index in [-0.39, 0.29) is 5.69 Å². The summed E-state index contributed by atoms with van der Waals surface area (Å²) in [5.74, 6) is -0.116. The SMILES string of the molecule is COc1cccc(C)c1.Cc1cc(F)cc(F)c1.Cc1ccc(Br)cc1Br.Cc1ccc([N+](=O)[O-])cc1.Cc1cccc(C)c1.Cc1ccccc1.Cc1ccccc1C.Cc1ccccc1Cl. The van der Waals surface area contributed by atoms with Crippen LogP contribution in [-0.2, 0) is 0 Å². The fraction of sp³-hybridized carbons (Fsp3) is 0.186. The Kier molecular flexibility index (Phi) is 30.4. The molecule has 4 nitrogen and oxygen atoms in total. The Hall–Kier alpha value is -5.93. The van der Waals surface area contributed by atoms with Gasteiger partial charge in [0.1, 0.15) is 17.4 Å². The zero-order valence-electron chi connectivity index (χ0n) is 41.0. The number of methoxy groups -OCH3 is 1. The lowest BCUT2D eigenvalue weighted by Crippen LogP contribution is -1.86. The van der Waals surface area contributed by atoms with E-state index < -0.39 is 16.6 Å². The molecule has 0 aromatic heterocycles. The van der Waals surface area contributed by atoms with Gasteiger partial charge in [-0.05, 0) is 145 Å². The second kappa shape index (κ2) is 34.4. The molecule has 0 saturated heterocycles. The van der Waals surface area contributed by atoms with E-state index in [0.717, 1.165) is 36.9 Å². The number of non-ortho nitro benzene ring substituents is 1. The first kappa shape index (κ1) is 60.1. The van der Waals surface area contributed by atoms with Crippen molar-refractivity contribution < 1.29 is 18.4 Å². The van der Waals surface area contributed by atoms with Crippen molar-refractivity contribution in [3.05, 3.63) is 279 Å². The summed E-state index contributed by atoms with van der Waals surface area (Å²) < 4.78 is 31.6. The van der Waals surface area contributed by atoms with Crippen molar-refractivity contribution in [1.82, 2.24) is 0 Å². The fourth-order valence-corrected chi connectivity index (χ4v) is 6.41. The number of ether oxygens (including phenoxy) is 1. The maximum atomic E-state index is 12.2. The molecule has 0 atom stereocenters. The van der Waals surface area contributed by atoms with E-state index in [1.807, 2.05) is 99.6 Å². The van der Waals surface area contributed by atoms with Crippen molar-refractivity contribution in [1.29, 1.82) is 0 Å². The molecule has 8 aromatic carbocycles. The largest absolute Gasteiger partial charge is 0.497 e. The minimum Gasteiger partial charge on any atom is -0.497 e. The highest BCUT2D eigenvalue weighted by Crippen LogP contribution is 2.20. The van der Waals surface area contributed by atoms with Gasteiger partial charge in [-0.15, -0.1) is 0 Å². The molecular formula is C59H64Br2ClF2NO3. The van der Waals surface area contributed by atoms with Crippen LogP contribution in [0.5, 0.6) is 5.75 Å². The Bertz CT molecular complexity index is 2510. The van der Waals surface area contributed by atoms with Gasteiger partial charge in [0, 0.05) is 32.2 Å². The topological polar surface area (TPSA) is 52.4 Å². The van der Waals surface area contributed by atoms with Gasteiger partial charge in [0.15, 0.2) is 0 Å². The normalized spacial score (nSPS) is 9.29. The first-order valence-electron chi connectivity index (χ1n) is 21.6. The zero-order chi connectivity index (χ0) is 51.0. The van der Waals surface area contributed by atoms with E-state index in [4.69, 9.17) is 16.3 Å². The van der Waals surface area contributed by atoms with Crippen molar-refractivity contribution in [2.75, 3.05) is 7.11 Å². The number of nitro groups is 1. The molecule has 0 saturated carbocycles. The minimum atomic E-state index is -0.521. The lowest BCUT2D eigenvalue weighted by Gasteiger charge is -1.97. The zero-order valence-corrected chi connectivity index (χ0v) is 44.9. The molecule has 0 spiro atoms. The van der Waals surface area contributed by atoms with Gasteiger partial charge in [0.25, 0.3) is 5.69 Å². The highest BCUT2D eigenvalue weighted by molar-refractivity contribution is 9.11. The van der Waals surface area contributed by atoms with Crippen LogP contribution in [0.2, 0.25) is 5.02 Å². The standard InChI is InChI=1S/C8H10O.2C8H10.C7H6Br2.C7H7Cl.C7H6F2.C7H7NO2.C7H8/c1-7-4-3-5-8(6-7)9-2;1-7-4-3-5-8(2)6-7;1-7-5-3-4-6-8(7)2;1-5-2-3-6(8)4-7(5)9;1-6-4-2-3-5-7(6)8;1-5-2-6(8)4-7(9)3-5;1-6-2-4-7(5-3-6)8(9)10;1-7-5-3-2-4-6-7/h3-6H,1-2H3;2*3-6H,1-2H3;2-4H,1H3;2-5H,1H3;2-4H,1H3;2-5H,1H3;2-6H,1H3. The van der Waals surface area contributed by atoms with Gasteiger partial charge in [0.2, 0.25) is 0 Å². The Labute approximate surface area is 426 Å². The molecule has 0 bridgehead atoms. The second-order valence-corrected chi connectivity index (χ2v) is 17.8. The van der Waals surface area contributed by atoms with Crippen LogP contribution in [0, 0.1) is 91.0 Å². The summed E-state index contributed by atoms with van der Waals surface area (Å²) in [5.41, 5.74) is 12.1. The summed E-state index contributed by atoms with van der Waals surface area (Å²) in [6.07, 6.45) is 0. The third kappa shape index (κ3) is 29.0. The van der Waals surface area contributed by atoms with E-state index in [9.17, 15) is 18.9 Å². The third-order valence-corrected chi connectivity index (χ3v) is 11.0. The first-order chi connectivity index (χ1) is 32.2. The van der Waals surface area contributed by atoms with Crippen molar-refractivity contribution in [3.8, 4) is 5.75 Å². The van der Waals surface area contributed by atoms with Crippen LogP contribution >= 0.6 is 43.5 Å². The molecule has 8 aromatic rings. The van der Waals surface area contributed by atoms with Gasteiger partial charge >= 0.3 is 0 Å². The van der Waals surface area contributed by atoms with Crippen LogP contribution in [0.3, 0.4) is 0 Å². The number of nitro benzene ring substituents is 1. The van der Waals surface area contributed by atoms with Crippen molar-refractivity contribution in [2.45, 2.75) is 69.2 Å². The van der Waals surface area contributed by atoms with Crippen molar-refractivity contribution in [2.24, 2.45) is 0 Å². The molecule has 0 fully saturated rings. The van der Waals surface area contributed by atoms with Gasteiger partial charge < -0.3 is 4.74 Å². The summed E-state index contributed by atoms with van der Waals surface area (Å²) >= 11 is 12.5. The Morgan fingerprint density at radius 3 is 1.21 bits per heavy atom. The number of hydrogen-bond acceptors (Lipinski definition) is 3. The molecule has 8 rings (SSSR count). The van der Waals surface area contributed by atoms with E-state index in [0.29, 0.717) is 5.56 Å². The predicted octanol–water partition coefficient (Wildman–Crippen LogP) is 19.0. The number of rotatable bonds is 2. The van der Waals surface area contributed by atoms with Gasteiger partial charge in [0.05, 0.1) is 12.0 Å². The monoisotopic (exact) mass is 1070 g/mol. The molecular weight excluding hydrogens is 1000 g/mol. The van der Waals surface area contributed by atoms with Crippen LogP contribution in [0.25, 0.3) is 0 Å². The molecule has 0 aliphatic heterocycles. The highest BCUT2D eigenvalue weighted by atomic mass is 79.9. The fourth-order valence-electron chi connectivity index (χ4n) is 5.22. The molecule has 0 aliphatic rings. The summed E-state index contributed by atoms with van der Waals surface area (Å²) in [6, 6.07) is 58.8. The average molecular weight is 1070 g/mol. The van der Waals surface area contributed by atoms with Gasteiger partial charge in [-0.2, -0.15) is 0 Å². The van der Waals surface area contributed by atoms with Crippen LogP contribution in [0.4, 0.5) is 14.5 Å². The van der Waals surface area contributed by atoms with Gasteiger partial charge in [-0.1, -0.05) is 193 Å². The van der Waals surface area contributed by atoms with Gasteiger partial charge in [-0.25, -0.2) is 8.78 Å². The first-order valence-corrected chi connectivity index (χ1v) is 23.6. The van der Waals surface area contributed by atoms with E-state index in [2.05, 4.69) is 140 Å². The minimum absolute atomic E-state index is 0.144. The Morgan fingerprint density at radius 2 is 0.882 bits per heavy atom. The molecule has 9 heteroatoms. The summed E-state index contributed by atoms with van der Waals surface area (Å²) in [4.78, 5) is 9.71. The molecule has 68 heavy (non-hydrogen) atoms. The number of nitrogens with zero attached hydrogens (tertiary/aromatic N) is 1. The second-order valence-electron chi connectivity index (χ2n) is 15.6. The molecule has 0 aliphatic carbocycles. The third-order valence-electron chi connectivity index (χ3n) is 9.23. The quantitative estimate of drug-likeness (QED) is 0.128. The van der Waals surface area contributed by atoms with Crippen LogP contribution in [0.1, 0.15) is 55.6 Å². The average Bonchev–Trinajstić information content (AvgIpc) is 3.28. The Balaban J connectivity index is 0.000000389. The number of aryl methyl sites for hydroxylation is 10. The van der Waals surface area contributed by atoms with Crippen LogP contribution in [0.15, 0.2) is 197 Å². The maximum Gasteiger partial charge on any atom is 0.269 e. The van der Waals surface area contributed by atoms with E-state index in [1.54, 1.807) is 26.2 Å². The lowest BCUT2D eigenvalue weighted by atomic mass is 10.1. The van der Waals surface area contributed by atoms with Crippen molar-refractivity contribution >= 4 is 49.1 Å². The summed E-state index contributed by atoms with van der Waals surface area (Å²) in [5, 5.41) is 11.0. The van der Waals surface area contributed by atoms with Crippen molar-refractivity contribution in [3.63, 3.8) is 0 Å². The number of hydrogen-bond donors (Lipinski definition) is 0. The lowest BCUT2D eigenvalue weighted by molar-refractivity contribution is -0.384. The number of halogens is 5. The summed E-state index contributed by atoms with van der Waals surface area (Å²) in [7, 11) is 1.68. The smallest absolute Gasteiger partial charge is 0.269 e. The maximum absolute atomic E-state index is 12.2. The molecule has 358 valence electrons. The van der Waals surface area contributed by atoms with E-state index >= 15 is 0 Å². The predicted molar refractivity (Wildman–Crippen MR) is 292 cm³/mol.